The summed E-state index contributed by atoms with van der Waals surface area (Å²) in [5, 5.41) is 10.5. The normalized spacial score (nSPS) is 20.8. The van der Waals surface area contributed by atoms with Crippen LogP contribution in [-0.4, -0.2) is 23.2 Å². The van der Waals surface area contributed by atoms with E-state index in [0.29, 0.717) is 0 Å². The molecule has 0 aliphatic heterocycles. The van der Waals surface area contributed by atoms with E-state index in [1.165, 1.54) is 12.8 Å². The van der Waals surface area contributed by atoms with E-state index in [4.69, 9.17) is 9.05 Å². The zero-order valence-corrected chi connectivity index (χ0v) is 13.6. The van der Waals surface area contributed by atoms with Crippen molar-refractivity contribution >= 4 is 7.60 Å². The summed E-state index contributed by atoms with van der Waals surface area (Å²) in [5.74, 6) is -0.957. The standard InChI is InChI=1S/C14H29O4P/c1-11(2)17-19(16,18-12(3)4)14(15)13-9-7-5-6-8-10-13/h11-15H,5-10H2,1-4H3/t14-/m1/s1. The highest BCUT2D eigenvalue weighted by Gasteiger charge is 2.41. The molecule has 0 amide bonds. The van der Waals surface area contributed by atoms with Crippen molar-refractivity contribution in [2.75, 3.05) is 0 Å². The van der Waals surface area contributed by atoms with E-state index in [2.05, 4.69) is 0 Å². The van der Waals surface area contributed by atoms with E-state index in [1.54, 1.807) is 0 Å². The van der Waals surface area contributed by atoms with Gasteiger partial charge in [-0.1, -0.05) is 25.7 Å². The minimum absolute atomic E-state index is 0.0332. The lowest BCUT2D eigenvalue weighted by molar-refractivity contribution is 0.0751. The van der Waals surface area contributed by atoms with Crippen LogP contribution in [-0.2, 0) is 13.6 Å². The van der Waals surface area contributed by atoms with Crippen molar-refractivity contribution in [3.63, 3.8) is 0 Å². The average Bonchev–Trinajstić information content (AvgIpc) is 2.53. The number of aliphatic hydroxyl groups is 1. The van der Waals surface area contributed by atoms with Gasteiger partial charge in [0.2, 0.25) is 0 Å². The lowest BCUT2D eigenvalue weighted by Crippen LogP contribution is -2.25. The highest BCUT2D eigenvalue weighted by molar-refractivity contribution is 7.54. The molecule has 1 saturated carbocycles. The van der Waals surface area contributed by atoms with Crippen molar-refractivity contribution in [1.82, 2.24) is 0 Å². The van der Waals surface area contributed by atoms with Crippen LogP contribution in [0.2, 0.25) is 0 Å². The summed E-state index contributed by atoms with van der Waals surface area (Å²) in [6.45, 7) is 7.26. The molecule has 1 fully saturated rings. The Bertz CT molecular complexity index is 282. The Hall–Kier alpha value is 0.110. The topological polar surface area (TPSA) is 55.8 Å². The van der Waals surface area contributed by atoms with Crippen molar-refractivity contribution in [2.45, 2.75) is 84.3 Å². The van der Waals surface area contributed by atoms with Crippen LogP contribution in [0, 0.1) is 5.92 Å². The fraction of sp³-hybridized carbons (Fsp3) is 1.00. The van der Waals surface area contributed by atoms with Gasteiger partial charge in [0.05, 0.1) is 12.2 Å². The highest BCUT2D eigenvalue weighted by atomic mass is 31.2. The highest BCUT2D eigenvalue weighted by Crippen LogP contribution is 2.57. The van der Waals surface area contributed by atoms with Crippen molar-refractivity contribution < 1.29 is 18.7 Å². The summed E-state index contributed by atoms with van der Waals surface area (Å²) in [6, 6.07) is 0. The SMILES string of the molecule is CC(C)OP(=O)(OC(C)C)[C@@H](O)C1CCCCCC1. The van der Waals surface area contributed by atoms with Gasteiger partial charge in [0.25, 0.3) is 0 Å². The Balaban J connectivity index is 2.79. The molecule has 0 unspecified atom stereocenters. The summed E-state index contributed by atoms with van der Waals surface area (Å²) in [4.78, 5) is 0. The maximum absolute atomic E-state index is 12.9. The van der Waals surface area contributed by atoms with Crippen molar-refractivity contribution in [3.05, 3.63) is 0 Å². The largest absolute Gasteiger partial charge is 0.380 e. The molecular formula is C14H29O4P. The second-order valence-corrected chi connectivity index (χ2v) is 8.04. The molecule has 5 heteroatoms. The molecule has 19 heavy (non-hydrogen) atoms. The first-order valence-electron chi connectivity index (χ1n) is 7.49. The third kappa shape index (κ3) is 5.55. The van der Waals surface area contributed by atoms with E-state index in [-0.39, 0.29) is 18.1 Å². The zero-order chi connectivity index (χ0) is 14.5. The molecule has 4 nitrogen and oxygen atoms in total. The molecule has 0 aromatic heterocycles. The van der Waals surface area contributed by atoms with Gasteiger partial charge in [-0.05, 0) is 46.5 Å². The summed E-state index contributed by atoms with van der Waals surface area (Å²) in [7, 11) is -3.45. The van der Waals surface area contributed by atoms with Crippen LogP contribution < -0.4 is 0 Å². The van der Waals surface area contributed by atoms with Crippen LogP contribution in [0.25, 0.3) is 0 Å². The fourth-order valence-corrected chi connectivity index (χ4v) is 4.89. The van der Waals surface area contributed by atoms with E-state index in [0.717, 1.165) is 25.7 Å². The zero-order valence-electron chi connectivity index (χ0n) is 12.7. The van der Waals surface area contributed by atoms with E-state index >= 15 is 0 Å². The second-order valence-electron chi connectivity index (χ2n) is 6.01. The molecule has 1 rings (SSSR count). The minimum atomic E-state index is -3.45. The molecule has 1 aliphatic rings. The molecule has 0 aromatic carbocycles. The minimum Gasteiger partial charge on any atom is -0.380 e. The molecule has 0 saturated heterocycles. The molecular weight excluding hydrogens is 263 g/mol. The number of aliphatic hydroxyl groups excluding tert-OH is 1. The lowest BCUT2D eigenvalue weighted by Gasteiger charge is -2.31. The monoisotopic (exact) mass is 292 g/mol. The first kappa shape index (κ1) is 17.2. The van der Waals surface area contributed by atoms with Crippen molar-refractivity contribution in [1.29, 1.82) is 0 Å². The fourth-order valence-electron chi connectivity index (χ4n) is 2.60. The van der Waals surface area contributed by atoms with E-state index in [9.17, 15) is 9.67 Å². The smallest absolute Gasteiger partial charge is 0.359 e. The van der Waals surface area contributed by atoms with Gasteiger partial charge in [0.15, 0.2) is 5.85 Å². The number of rotatable bonds is 6. The van der Waals surface area contributed by atoms with Crippen LogP contribution in [0.3, 0.4) is 0 Å². The second kappa shape index (κ2) is 7.78. The summed E-state index contributed by atoms with van der Waals surface area (Å²) in [5.41, 5.74) is 0. The van der Waals surface area contributed by atoms with Crippen LogP contribution >= 0.6 is 7.60 Å². The summed E-state index contributed by atoms with van der Waals surface area (Å²) < 4.78 is 23.8. The maximum atomic E-state index is 12.9. The Morgan fingerprint density at radius 1 is 0.947 bits per heavy atom. The third-order valence-corrected chi connectivity index (χ3v) is 5.86. The third-order valence-electron chi connectivity index (χ3n) is 3.36. The van der Waals surface area contributed by atoms with Crippen molar-refractivity contribution in [3.8, 4) is 0 Å². The Kier molecular flexibility index (Phi) is 7.02. The van der Waals surface area contributed by atoms with Crippen LogP contribution in [0.4, 0.5) is 0 Å². The van der Waals surface area contributed by atoms with Gasteiger partial charge in [-0.2, -0.15) is 0 Å². The number of hydrogen-bond acceptors (Lipinski definition) is 4. The van der Waals surface area contributed by atoms with E-state index in [1.807, 2.05) is 27.7 Å². The Morgan fingerprint density at radius 3 is 1.74 bits per heavy atom. The molecule has 0 spiro atoms. The van der Waals surface area contributed by atoms with Crippen molar-refractivity contribution in [2.24, 2.45) is 5.92 Å². The number of hydrogen-bond donors (Lipinski definition) is 1. The van der Waals surface area contributed by atoms with Gasteiger partial charge < -0.3 is 14.2 Å². The molecule has 0 aromatic rings. The van der Waals surface area contributed by atoms with Gasteiger partial charge in [-0.15, -0.1) is 0 Å². The summed E-state index contributed by atoms with van der Waals surface area (Å²) >= 11 is 0. The van der Waals surface area contributed by atoms with Crippen LogP contribution in [0.15, 0.2) is 0 Å². The van der Waals surface area contributed by atoms with E-state index < -0.39 is 13.4 Å². The van der Waals surface area contributed by atoms with Gasteiger partial charge in [0, 0.05) is 0 Å². The predicted molar refractivity (Wildman–Crippen MR) is 77.2 cm³/mol. The predicted octanol–water partition coefficient (Wildman–Crippen LogP) is 4.32. The van der Waals surface area contributed by atoms with Gasteiger partial charge in [0.1, 0.15) is 0 Å². The molecule has 0 radical (unpaired) electrons. The molecule has 0 heterocycles. The maximum Gasteiger partial charge on any atom is 0.359 e. The van der Waals surface area contributed by atoms with Crippen LogP contribution in [0.1, 0.15) is 66.2 Å². The van der Waals surface area contributed by atoms with Gasteiger partial charge in [-0.25, -0.2) is 0 Å². The quantitative estimate of drug-likeness (QED) is 0.585. The molecule has 1 aliphatic carbocycles. The van der Waals surface area contributed by atoms with Crippen LogP contribution in [0.5, 0.6) is 0 Å². The average molecular weight is 292 g/mol. The van der Waals surface area contributed by atoms with Gasteiger partial charge in [-0.3, -0.25) is 4.57 Å². The first-order valence-corrected chi connectivity index (χ1v) is 9.11. The molecule has 1 N–H and O–H groups in total. The Morgan fingerprint density at radius 2 is 1.37 bits per heavy atom. The first-order chi connectivity index (χ1) is 8.85. The Labute approximate surface area is 117 Å². The molecule has 0 bridgehead atoms. The van der Waals surface area contributed by atoms with Gasteiger partial charge >= 0.3 is 7.60 Å². The molecule has 114 valence electrons. The molecule has 1 atom stereocenters. The lowest BCUT2D eigenvalue weighted by atomic mass is 10.0. The summed E-state index contributed by atoms with van der Waals surface area (Å²) in [6.07, 6.45) is 5.96.